The van der Waals surface area contributed by atoms with E-state index in [2.05, 4.69) is 47.5 Å². The topological polar surface area (TPSA) is 15.3 Å². The first kappa shape index (κ1) is 10.3. The Kier molecular flexibility index (Phi) is 2.70. The highest BCUT2D eigenvalue weighted by molar-refractivity contribution is 5.20. The van der Waals surface area contributed by atoms with E-state index in [-0.39, 0.29) is 0 Å². The quantitative estimate of drug-likeness (QED) is 0.814. The number of benzene rings is 1. The van der Waals surface area contributed by atoms with Crippen molar-refractivity contribution in [3.05, 3.63) is 35.9 Å². The number of piperazine rings is 1. The van der Waals surface area contributed by atoms with Crippen LogP contribution in [0.1, 0.15) is 24.9 Å². The zero-order valence-corrected chi connectivity index (χ0v) is 9.89. The molecule has 1 N–H and O–H groups in total. The van der Waals surface area contributed by atoms with Crippen molar-refractivity contribution in [3.8, 4) is 0 Å². The lowest BCUT2D eigenvalue weighted by atomic mass is 10.0. The summed E-state index contributed by atoms with van der Waals surface area (Å²) in [5.41, 5.74) is 1.43. The van der Waals surface area contributed by atoms with E-state index in [1.807, 2.05) is 0 Å². The molecule has 1 aliphatic carbocycles. The van der Waals surface area contributed by atoms with Gasteiger partial charge in [0.05, 0.1) is 0 Å². The van der Waals surface area contributed by atoms with Gasteiger partial charge < -0.3 is 5.32 Å². The second kappa shape index (κ2) is 4.19. The van der Waals surface area contributed by atoms with Crippen molar-refractivity contribution in [1.29, 1.82) is 0 Å². The summed E-state index contributed by atoms with van der Waals surface area (Å²) < 4.78 is 0. The highest BCUT2D eigenvalue weighted by Gasteiger charge is 2.39. The molecule has 16 heavy (non-hydrogen) atoms. The molecular weight excluding hydrogens is 196 g/mol. The highest BCUT2D eigenvalue weighted by atomic mass is 15.2. The molecule has 0 amide bonds. The van der Waals surface area contributed by atoms with Gasteiger partial charge in [0.25, 0.3) is 0 Å². The Hall–Kier alpha value is -0.860. The van der Waals surface area contributed by atoms with Gasteiger partial charge in [-0.2, -0.15) is 0 Å². The molecule has 1 aromatic carbocycles. The van der Waals surface area contributed by atoms with Crippen LogP contribution in [0.15, 0.2) is 30.3 Å². The minimum absolute atomic E-state index is 0.530. The van der Waals surface area contributed by atoms with Crippen molar-refractivity contribution >= 4 is 0 Å². The SMILES string of the molecule is CC1CC1N1CCNC(c2ccccc2)C1. The second-order valence-electron chi connectivity index (χ2n) is 5.19. The van der Waals surface area contributed by atoms with Crippen LogP contribution in [0.4, 0.5) is 0 Å². The van der Waals surface area contributed by atoms with Gasteiger partial charge in [0.15, 0.2) is 0 Å². The van der Waals surface area contributed by atoms with Crippen LogP contribution in [0.25, 0.3) is 0 Å². The maximum Gasteiger partial charge on any atom is 0.0449 e. The fourth-order valence-electron chi connectivity index (χ4n) is 2.79. The van der Waals surface area contributed by atoms with Crippen molar-refractivity contribution in [3.63, 3.8) is 0 Å². The van der Waals surface area contributed by atoms with E-state index in [4.69, 9.17) is 0 Å². The Morgan fingerprint density at radius 2 is 2.00 bits per heavy atom. The van der Waals surface area contributed by atoms with Gasteiger partial charge in [-0.3, -0.25) is 4.90 Å². The predicted molar refractivity (Wildman–Crippen MR) is 66.3 cm³/mol. The average molecular weight is 216 g/mol. The maximum atomic E-state index is 3.62. The number of nitrogens with one attached hydrogen (secondary N) is 1. The third-order valence-electron chi connectivity index (χ3n) is 3.94. The van der Waals surface area contributed by atoms with E-state index in [0.29, 0.717) is 6.04 Å². The minimum atomic E-state index is 0.530. The summed E-state index contributed by atoms with van der Waals surface area (Å²) >= 11 is 0. The lowest BCUT2D eigenvalue weighted by Gasteiger charge is -2.34. The summed E-state index contributed by atoms with van der Waals surface area (Å²) in [6.07, 6.45) is 1.40. The molecule has 1 aliphatic heterocycles. The maximum absolute atomic E-state index is 3.62. The lowest BCUT2D eigenvalue weighted by molar-refractivity contribution is 0.185. The van der Waals surface area contributed by atoms with Gasteiger partial charge >= 0.3 is 0 Å². The number of hydrogen-bond donors (Lipinski definition) is 1. The Morgan fingerprint density at radius 3 is 2.69 bits per heavy atom. The summed E-state index contributed by atoms with van der Waals surface area (Å²) in [6.45, 7) is 5.89. The summed E-state index contributed by atoms with van der Waals surface area (Å²) in [6, 6.07) is 12.2. The molecule has 0 radical (unpaired) electrons. The molecule has 3 rings (SSSR count). The van der Waals surface area contributed by atoms with Crippen molar-refractivity contribution in [2.24, 2.45) is 5.92 Å². The summed E-state index contributed by atoms with van der Waals surface area (Å²) in [7, 11) is 0. The third-order valence-corrected chi connectivity index (χ3v) is 3.94. The summed E-state index contributed by atoms with van der Waals surface area (Å²) in [5.74, 6) is 0.925. The molecule has 2 fully saturated rings. The van der Waals surface area contributed by atoms with Crippen LogP contribution < -0.4 is 5.32 Å². The van der Waals surface area contributed by atoms with Crippen LogP contribution in [0.3, 0.4) is 0 Å². The zero-order chi connectivity index (χ0) is 11.0. The molecule has 2 aliphatic rings. The molecule has 3 unspecified atom stereocenters. The van der Waals surface area contributed by atoms with Crippen molar-refractivity contribution in [1.82, 2.24) is 10.2 Å². The average Bonchev–Trinajstić information content (AvgIpc) is 3.08. The molecule has 1 heterocycles. The fraction of sp³-hybridized carbons (Fsp3) is 0.571. The molecule has 2 heteroatoms. The van der Waals surface area contributed by atoms with Gasteiger partial charge in [-0.05, 0) is 17.9 Å². The van der Waals surface area contributed by atoms with Crippen LogP contribution in [-0.2, 0) is 0 Å². The van der Waals surface area contributed by atoms with Crippen LogP contribution in [0.2, 0.25) is 0 Å². The third kappa shape index (κ3) is 2.00. The standard InChI is InChI=1S/C14H20N2/c1-11-9-14(11)16-8-7-15-13(10-16)12-5-3-2-4-6-12/h2-6,11,13-15H,7-10H2,1H3. The lowest BCUT2D eigenvalue weighted by Crippen LogP contribution is -2.47. The molecule has 1 aromatic rings. The molecular formula is C14H20N2. The monoisotopic (exact) mass is 216 g/mol. The van der Waals surface area contributed by atoms with Crippen molar-refractivity contribution in [2.45, 2.75) is 25.4 Å². The Labute approximate surface area is 97.6 Å². The Morgan fingerprint density at radius 1 is 1.25 bits per heavy atom. The van der Waals surface area contributed by atoms with E-state index in [0.717, 1.165) is 18.5 Å². The van der Waals surface area contributed by atoms with E-state index in [1.165, 1.54) is 25.1 Å². The van der Waals surface area contributed by atoms with Crippen LogP contribution >= 0.6 is 0 Å². The molecule has 3 atom stereocenters. The molecule has 0 bridgehead atoms. The Bertz CT molecular complexity index is 349. The molecule has 86 valence electrons. The van der Waals surface area contributed by atoms with Crippen molar-refractivity contribution < 1.29 is 0 Å². The van der Waals surface area contributed by atoms with Gasteiger partial charge in [-0.1, -0.05) is 37.3 Å². The fourth-order valence-corrected chi connectivity index (χ4v) is 2.79. The molecule has 2 nitrogen and oxygen atoms in total. The first-order valence-corrected chi connectivity index (χ1v) is 6.37. The van der Waals surface area contributed by atoms with E-state index in [9.17, 15) is 0 Å². The van der Waals surface area contributed by atoms with Gasteiger partial charge in [0.1, 0.15) is 0 Å². The van der Waals surface area contributed by atoms with Crippen LogP contribution in [0.5, 0.6) is 0 Å². The predicted octanol–water partition coefficient (Wildman–Crippen LogP) is 2.04. The highest BCUT2D eigenvalue weighted by Crippen LogP contribution is 2.36. The van der Waals surface area contributed by atoms with Crippen LogP contribution in [-0.4, -0.2) is 30.6 Å². The van der Waals surface area contributed by atoms with E-state index in [1.54, 1.807) is 0 Å². The number of hydrogen-bond acceptors (Lipinski definition) is 2. The van der Waals surface area contributed by atoms with Gasteiger partial charge in [0.2, 0.25) is 0 Å². The summed E-state index contributed by atoms with van der Waals surface area (Å²) in [5, 5.41) is 3.62. The normalized spacial score (nSPS) is 34.9. The first-order valence-electron chi connectivity index (χ1n) is 6.37. The molecule has 1 saturated carbocycles. The first-order chi connectivity index (χ1) is 7.84. The molecule has 0 spiro atoms. The number of rotatable bonds is 2. The molecule has 0 aromatic heterocycles. The summed E-state index contributed by atoms with van der Waals surface area (Å²) in [4.78, 5) is 2.67. The smallest absolute Gasteiger partial charge is 0.0449 e. The van der Waals surface area contributed by atoms with Gasteiger partial charge in [-0.15, -0.1) is 0 Å². The second-order valence-corrected chi connectivity index (χ2v) is 5.19. The van der Waals surface area contributed by atoms with Gasteiger partial charge in [-0.25, -0.2) is 0 Å². The number of nitrogens with zero attached hydrogens (tertiary/aromatic N) is 1. The van der Waals surface area contributed by atoms with Gasteiger partial charge in [0, 0.05) is 31.7 Å². The zero-order valence-electron chi connectivity index (χ0n) is 9.89. The van der Waals surface area contributed by atoms with E-state index < -0.39 is 0 Å². The van der Waals surface area contributed by atoms with Crippen LogP contribution in [0, 0.1) is 5.92 Å². The largest absolute Gasteiger partial charge is 0.308 e. The molecule has 1 saturated heterocycles. The van der Waals surface area contributed by atoms with E-state index >= 15 is 0 Å². The minimum Gasteiger partial charge on any atom is -0.308 e. The van der Waals surface area contributed by atoms with Crippen molar-refractivity contribution in [2.75, 3.05) is 19.6 Å². The Balaban J connectivity index is 1.68.